The fraction of sp³-hybridized carbons (Fsp3) is 0.625. The third-order valence-corrected chi connectivity index (χ3v) is 1.37. The molecular formula is C8H14N2O. The van der Waals surface area contributed by atoms with E-state index in [1.165, 1.54) is 0 Å². The van der Waals surface area contributed by atoms with E-state index in [0.717, 1.165) is 0 Å². The van der Waals surface area contributed by atoms with Gasteiger partial charge in [0, 0.05) is 6.54 Å². The smallest absolute Gasteiger partial charge is 0.239 e. The number of amides is 1. The molecule has 0 aliphatic heterocycles. The molecule has 0 aromatic heterocycles. The Hall–Kier alpha value is -1.01. The Morgan fingerprint density at radius 1 is 1.82 bits per heavy atom. The summed E-state index contributed by atoms with van der Waals surface area (Å²) in [6.07, 6.45) is 5.06. The van der Waals surface area contributed by atoms with Gasteiger partial charge in [0.1, 0.15) is 0 Å². The molecule has 0 aliphatic carbocycles. The second kappa shape index (κ2) is 4.75. The Labute approximate surface area is 67.6 Å². The van der Waals surface area contributed by atoms with Crippen LogP contribution in [0.15, 0.2) is 0 Å². The topological polar surface area (TPSA) is 46.3 Å². The molecule has 0 rings (SSSR count). The van der Waals surface area contributed by atoms with Crippen LogP contribution in [-0.2, 0) is 4.79 Å². The minimum absolute atomic E-state index is 0.0922. The average molecular weight is 154 g/mol. The Morgan fingerprint density at radius 2 is 2.36 bits per heavy atom. The van der Waals surface area contributed by atoms with E-state index in [1.54, 1.807) is 11.8 Å². The molecule has 1 amide bonds. The van der Waals surface area contributed by atoms with E-state index >= 15 is 0 Å². The van der Waals surface area contributed by atoms with Crippen molar-refractivity contribution in [3.63, 3.8) is 0 Å². The first-order valence-corrected chi connectivity index (χ1v) is 3.61. The van der Waals surface area contributed by atoms with Crippen LogP contribution in [0.1, 0.15) is 13.8 Å². The third kappa shape index (κ3) is 3.06. The number of hydrogen-bond donors (Lipinski definition) is 1. The zero-order chi connectivity index (χ0) is 8.85. The van der Waals surface area contributed by atoms with Crippen LogP contribution < -0.4 is 5.73 Å². The lowest BCUT2D eigenvalue weighted by atomic mass is 10.3. The van der Waals surface area contributed by atoms with Gasteiger partial charge in [-0.1, -0.05) is 5.92 Å². The summed E-state index contributed by atoms with van der Waals surface area (Å²) in [7, 11) is 0. The summed E-state index contributed by atoms with van der Waals surface area (Å²) in [4.78, 5) is 12.7. The van der Waals surface area contributed by atoms with Crippen molar-refractivity contribution < 1.29 is 4.79 Å². The van der Waals surface area contributed by atoms with E-state index in [1.807, 2.05) is 6.92 Å². The highest BCUT2D eigenvalue weighted by atomic mass is 16.2. The van der Waals surface area contributed by atoms with Crippen LogP contribution in [0.3, 0.4) is 0 Å². The monoisotopic (exact) mass is 154 g/mol. The van der Waals surface area contributed by atoms with E-state index in [-0.39, 0.29) is 5.91 Å². The van der Waals surface area contributed by atoms with Gasteiger partial charge in [0.25, 0.3) is 0 Å². The molecule has 3 heteroatoms. The number of carbonyl (C=O) groups excluding carboxylic acids is 1. The van der Waals surface area contributed by atoms with E-state index < -0.39 is 6.04 Å². The van der Waals surface area contributed by atoms with Gasteiger partial charge in [-0.2, -0.15) is 0 Å². The molecule has 0 bridgehead atoms. The first kappa shape index (κ1) is 9.99. The Kier molecular flexibility index (Phi) is 4.32. The number of nitrogens with two attached hydrogens (primary N) is 1. The predicted molar refractivity (Wildman–Crippen MR) is 44.7 cm³/mol. The maximum Gasteiger partial charge on any atom is 0.239 e. The molecule has 62 valence electrons. The van der Waals surface area contributed by atoms with Crippen LogP contribution in [-0.4, -0.2) is 29.9 Å². The van der Waals surface area contributed by atoms with Gasteiger partial charge < -0.3 is 10.6 Å². The molecule has 0 aromatic carbocycles. The van der Waals surface area contributed by atoms with Crippen molar-refractivity contribution in [1.29, 1.82) is 0 Å². The molecule has 2 N–H and O–H groups in total. The Bertz CT molecular complexity index is 169. The van der Waals surface area contributed by atoms with E-state index in [9.17, 15) is 4.79 Å². The summed E-state index contributed by atoms with van der Waals surface area (Å²) < 4.78 is 0. The van der Waals surface area contributed by atoms with E-state index in [4.69, 9.17) is 12.2 Å². The number of terminal acetylenes is 1. The highest BCUT2D eigenvalue weighted by molar-refractivity contribution is 5.81. The summed E-state index contributed by atoms with van der Waals surface area (Å²) >= 11 is 0. The molecule has 0 heterocycles. The van der Waals surface area contributed by atoms with Gasteiger partial charge >= 0.3 is 0 Å². The van der Waals surface area contributed by atoms with Crippen molar-refractivity contribution in [2.24, 2.45) is 5.73 Å². The van der Waals surface area contributed by atoms with Crippen LogP contribution in [0, 0.1) is 12.3 Å². The predicted octanol–water partition coefficient (Wildman–Crippen LogP) is -0.185. The molecule has 0 spiro atoms. The van der Waals surface area contributed by atoms with Gasteiger partial charge in [-0.25, -0.2) is 0 Å². The molecule has 0 saturated heterocycles. The standard InChI is InChI=1S/C8H14N2O/c1-4-6-10(5-2)8(11)7(3)9/h1,7H,5-6,9H2,2-3H3/t7-/m1/s1. The number of rotatable bonds is 3. The van der Waals surface area contributed by atoms with E-state index in [2.05, 4.69) is 5.92 Å². The lowest BCUT2D eigenvalue weighted by Crippen LogP contribution is -2.42. The maximum atomic E-state index is 11.2. The largest absolute Gasteiger partial charge is 0.330 e. The minimum Gasteiger partial charge on any atom is -0.330 e. The zero-order valence-electron chi connectivity index (χ0n) is 7.00. The van der Waals surface area contributed by atoms with Crippen LogP contribution >= 0.6 is 0 Å². The van der Waals surface area contributed by atoms with E-state index in [0.29, 0.717) is 13.1 Å². The summed E-state index contributed by atoms with van der Waals surface area (Å²) in [6, 6.07) is -0.455. The Balaban J connectivity index is 4.05. The highest BCUT2D eigenvalue weighted by Crippen LogP contribution is 1.91. The van der Waals surface area contributed by atoms with Crippen LogP contribution in [0.5, 0.6) is 0 Å². The maximum absolute atomic E-state index is 11.2. The molecule has 11 heavy (non-hydrogen) atoms. The van der Waals surface area contributed by atoms with Crippen molar-refractivity contribution in [3.05, 3.63) is 0 Å². The van der Waals surface area contributed by atoms with Crippen LogP contribution in [0.25, 0.3) is 0 Å². The quantitative estimate of drug-likeness (QED) is 0.573. The van der Waals surface area contributed by atoms with Gasteiger partial charge in [-0.05, 0) is 13.8 Å². The van der Waals surface area contributed by atoms with Gasteiger partial charge in [0.15, 0.2) is 0 Å². The first-order valence-electron chi connectivity index (χ1n) is 3.61. The average Bonchev–Trinajstić information content (AvgIpc) is 1.98. The van der Waals surface area contributed by atoms with Gasteiger partial charge in [0.2, 0.25) is 5.91 Å². The second-order valence-corrected chi connectivity index (χ2v) is 2.35. The fourth-order valence-electron chi connectivity index (χ4n) is 0.744. The lowest BCUT2D eigenvalue weighted by molar-refractivity contribution is -0.131. The molecule has 0 aromatic rings. The number of likely N-dealkylation sites (N-methyl/N-ethyl adjacent to an activating group) is 1. The molecule has 1 atom stereocenters. The fourth-order valence-corrected chi connectivity index (χ4v) is 0.744. The summed E-state index contributed by atoms with van der Waals surface area (Å²) in [6.45, 7) is 4.49. The molecule has 0 aliphatic rings. The number of nitrogens with zero attached hydrogens (tertiary/aromatic N) is 1. The molecular weight excluding hydrogens is 140 g/mol. The van der Waals surface area contributed by atoms with Gasteiger partial charge in [-0.3, -0.25) is 4.79 Å². The normalized spacial score (nSPS) is 11.8. The van der Waals surface area contributed by atoms with Crippen molar-refractivity contribution in [2.45, 2.75) is 19.9 Å². The molecule has 0 saturated carbocycles. The second-order valence-electron chi connectivity index (χ2n) is 2.35. The Morgan fingerprint density at radius 3 is 2.64 bits per heavy atom. The lowest BCUT2D eigenvalue weighted by Gasteiger charge is -2.19. The first-order chi connectivity index (χ1) is 5.13. The minimum atomic E-state index is -0.455. The van der Waals surface area contributed by atoms with Crippen LogP contribution in [0.2, 0.25) is 0 Å². The zero-order valence-corrected chi connectivity index (χ0v) is 7.00. The van der Waals surface area contributed by atoms with Crippen LogP contribution in [0.4, 0.5) is 0 Å². The third-order valence-electron chi connectivity index (χ3n) is 1.37. The molecule has 0 unspecified atom stereocenters. The summed E-state index contributed by atoms with van der Waals surface area (Å²) in [5.74, 6) is 2.31. The number of carbonyl (C=O) groups is 1. The van der Waals surface area contributed by atoms with Gasteiger partial charge in [-0.15, -0.1) is 6.42 Å². The molecule has 0 fully saturated rings. The van der Waals surface area contributed by atoms with Crippen molar-refractivity contribution in [3.8, 4) is 12.3 Å². The van der Waals surface area contributed by atoms with Crippen molar-refractivity contribution >= 4 is 5.91 Å². The number of hydrogen-bond acceptors (Lipinski definition) is 2. The summed E-state index contributed by atoms with van der Waals surface area (Å²) in [5.41, 5.74) is 5.38. The highest BCUT2D eigenvalue weighted by Gasteiger charge is 2.13. The molecule has 0 radical (unpaired) electrons. The van der Waals surface area contributed by atoms with Crippen molar-refractivity contribution in [2.75, 3.05) is 13.1 Å². The molecule has 3 nitrogen and oxygen atoms in total. The van der Waals surface area contributed by atoms with Crippen molar-refractivity contribution in [1.82, 2.24) is 4.90 Å². The SMILES string of the molecule is C#CCN(CC)C(=O)[C@@H](C)N. The summed E-state index contributed by atoms with van der Waals surface area (Å²) in [5, 5.41) is 0. The van der Waals surface area contributed by atoms with Gasteiger partial charge in [0.05, 0.1) is 12.6 Å².